The Morgan fingerprint density at radius 3 is 2.82 bits per heavy atom. The maximum absolute atomic E-state index is 9.09. The van der Waals surface area contributed by atoms with Crippen molar-refractivity contribution in [3.05, 3.63) is 35.9 Å². The molecule has 88 valence electrons. The standard InChI is InChI=1S/C12H14N4O/c1-14-11-6-10(15-12(13)16-11)9-4-2-3-8(5-9)7-17/h2-6,17H,7H2,1H3,(H3,13,14,15,16). The summed E-state index contributed by atoms with van der Waals surface area (Å²) in [5.74, 6) is 0.892. The molecule has 0 amide bonds. The van der Waals surface area contributed by atoms with Crippen molar-refractivity contribution in [2.45, 2.75) is 6.61 Å². The number of anilines is 2. The van der Waals surface area contributed by atoms with E-state index in [4.69, 9.17) is 10.8 Å². The maximum Gasteiger partial charge on any atom is 0.222 e. The first-order valence-corrected chi connectivity index (χ1v) is 5.25. The molecule has 0 bridgehead atoms. The summed E-state index contributed by atoms with van der Waals surface area (Å²) in [6, 6.07) is 9.33. The number of aromatic nitrogens is 2. The van der Waals surface area contributed by atoms with E-state index in [0.717, 1.165) is 16.8 Å². The molecule has 17 heavy (non-hydrogen) atoms. The van der Waals surface area contributed by atoms with Crippen molar-refractivity contribution >= 4 is 11.8 Å². The van der Waals surface area contributed by atoms with Crippen LogP contribution in [0.5, 0.6) is 0 Å². The Hall–Kier alpha value is -2.14. The molecule has 4 N–H and O–H groups in total. The topological polar surface area (TPSA) is 84.1 Å². The lowest BCUT2D eigenvalue weighted by Gasteiger charge is -2.06. The van der Waals surface area contributed by atoms with Crippen molar-refractivity contribution in [2.24, 2.45) is 0 Å². The third-order valence-corrected chi connectivity index (χ3v) is 2.40. The van der Waals surface area contributed by atoms with Gasteiger partial charge >= 0.3 is 0 Å². The zero-order valence-electron chi connectivity index (χ0n) is 9.51. The summed E-state index contributed by atoms with van der Waals surface area (Å²) in [6.45, 7) is 0.00723. The first-order valence-electron chi connectivity index (χ1n) is 5.25. The normalized spacial score (nSPS) is 10.2. The van der Waals surface area contributed by atoms with E-state index in [9.17, 15) is 0 Å². The van der Waals surface area contributed by atoms with Gasteiger partial charge in [0.2, 0.25) is 5.95 Å². The molecular weight excluding hydrogens is 216 g/mol. The van der Waals surface area contributed by atoms with Crippen molar-refractivity contribution in [3.63, 3.8) is 0 Å². The van der Waals surface area contributed by atoms with Crippen LogP contribution >= 0.6 is 0 Å². The molecule has 5 nitrogen and oxygen atoms in total. The van der Waals surface area contributed by atoms with Gasteiger partial charge in [-0.3, -0.25) is 0 Å². The molecule has 5 heteroatoms. The smallest absolute Gasteiger partial charge is 0.222 e. The summed E-state index contributed by atoms with van der Waals surface area (Å²) in [7, 11) is 1.77. The molecule has 0 saturated heterocycles. The molecule has 2 aromatic rings. The Bertz CT molecular complexity index is 528. The third-order valence-electron chi connectivity index (χ3n) is 2.40. The van der Waals surface area contributed by atoms with Crippen LogP contribution in [-0.4, -0.2) is 22.1 Å². The Morgan fingerprint density at radius 1 is 1.29 bits per heavy atom. The lowest BCUT2D eigenvalue weighted by Crippen LogP contribution is -2.01. The van der Waals surface area contributed by atoms with Crippen LogP contribution in [-0.2, 0) is 6.61 Å². The average Bonchev–Trinajstić information content (AvgIpc) is 2.38. The summed E-state index contributed by atoms with van der Waals surface area (Å²) in [5, 5.41) is 12.0. The average molecular weight is 230 g/mol. The fourth-order valence-corrected chi connectivity index (χ4v) is 1.57. The summed E-state index contributed by atoms with van der Waals surface area (Å²) < 4.78 is 0. The monoisotopic (exact) mass is 230 g/mol. The van der Waals surface area contributed by atoms with Crippen LogP contribution in [0, 0.1) is 0 Å². The summed E-state index contributed by atoms with van der Waals surface area (Å²) in [6.07, 6.45) is 0. The maximum atomic E-state index is 9.09. The zero-order valence-corrected chi connectivity index (χ0v) is 9.51. The largest absolute Gasteiger partial charge is 0.392 e. The molecule has 0 spiro atoms. The molecule has 0 fully saturated rings. The summed E-state index contributed by atoms with van der Waals surface area (Å²) in [4.78, 5) is 8.20. The van der Waals surface area contributed by atoms with Crippen LogP contribution < -0.4 is 11.1 Å². The van der Waals surface area contributed by atoms with Gasteiger partial charge in [0.15, 0.2) is 0 Å². The number of nitrogens with two attached hydrogens (primary N) is 1. The molecule has 0 radical (unpaired) electrons. The number of benzene rings is 1. The quantitative estimate of drug-likeness (QED) is 0.739. The minimum atomic E-state index is 0.00723. The van der Waals surface area contributed by atoms with E-state index >= 15 is 0 Å². The fraction of sp³-hybridized carbons (Fsp3) is 0.167. The third kappa shape index (κ3) is 2.51. The highest BCUT2D eigenvalue weighted by molar-refractivity contribution is 5.64. The van der Waals surface area contributed by atoms with Crippen molar-refractivity contribution in [1.29, 1.82) is 0 Å². The van der Waals surface area contributed by atoms with Crippen molar-refractivity contribution < 1.29 is 5.11 Å². The molecule has 0 atom stereocenters. The van der Waals surface area contributed by atoms with E-state index in [1.165, 1.54) is 0 Å². The minimum Gasteiger partial charge on any atom is -0.392 e. The van der Waals surface area contributed by atoms with Gasteiger partial charge in [-0.15, -0.1) is 0 Å². The van der Waals surface area contributed by atoms with Gasteiger partial charge in [-0.1, -0.05) is 18.2 Å². The Morgan fingerprint density at radius 2 is 2.12 bits per heavy atom. The Kier molecular flexibility index (Phi) is 3.20. The van der Waals surface area contributed by atoms with E-state index in [0.29, 0.717) is 5.82 Å². The van der Waals surface area contributed by atoms with Crippen LogP contribution in [0.1, 0.15) is 5.56 Å². The lowest BCUT2D eigenvalue weighted by atomic mass is 10.1. The number of nitrogens with one attached hydrogen (secondary N) is 1. The van der Waals surface area contributed by atoms with Crippen LogP contribution in [0.2, 0.25) is 0 Å². The Labute approximate surface area is 99.3 Å². The van der Waals surface area contributed by atoms with Gasteiger partial charge in [0.1, 0.15) is 5.82 Å². The first kappa shape index (κ1) is 11.3. The van der Waals surface area contributed by atoms with Gasteiger partial charge in [0, 0.05) is 18.7 Å². The molecule has 0 aliphatic rings. The molecule has 2 rings (SSSR count). The molecule has 1 aromatic carbocycles. The molecule has 1 aromatic heterocycles. The number of hydrogen-bond donors (Lipinski definition) is 3. The van der Waals surface area contributed by atoms with E-state index < -0.39 is 0 Å². The second-order valence-electron chi connectivity index (χ2n) is 3.61. The highest BCUT2D eigenvalue weighted by atomic mass is 16.3. The molecule has 0 aliphatic carbocycles. The lowest BCUT2D eigenvalue weighted by molar-refractivity contribution is 0.282. The molecule has 1 heterocycles. The number of aliphatic hydroxyl groups is 1. The van der Waals surface area contributed by atoms with Gasteiger partial charge in [0.05, 0.1) is 12.3 Å². The van der Waals surface area contributed by atoms with E-state index in [2.05, 4.69) is 15.3 Å². The molecule has 0 unspecified atom stereocenters. The molecule has 0 saturated carbocycles. The van der Waals surface area contributed by atoms with E-state index in [1.807, 2.05) is 30.3 Å². The first-order chi connectivity index (χ1) is 8.22. The van der Waals surface area contributed by atoms with Gasteiger partial charge in [-0.2, -0.15) is 4.98 Å². The second-order valence-corrected chi connectivity index (χ2v) is 3.61. The molecular formula is C12H14N4O. The van der Waals surface area contributed by atoms with E-state index in [-0.39, 0.29) is 12.6 Å². The Balaban J connectivity index is 2.47. The van der Waals surface area contributed by atoms with Crippen LogP contribution in [0.15, 0.2) is 30.3 Å². The number of hydrogen-bond acceptors (Lipinski definition) is 5. The second kappa shape index (κ2) is 4.80. The van der Waals surface area contributed by atoms with Gasteiger partial charge in [-0.25, -0.2) is 4.98 Å². The number of rotatable bonds is 3. The van der Waals surface area contributed by atoms with Crippen LogP contribution in [0.3, 0.4) is 0 Å². The summed E-state index contributed by atoms with van der Waals surface area (Å²) >= 11 is 0. The number of aliphatic hydroxyl groups excluding tert-OH is 1. The minimum absolute atomic E-state index is 0.00723. The van der Waals surface area contributed by atoms with Crippen molar-refractivity contribution in [3.8, 4) is 11.3 Å². The zero-order chi connectivity index (χ0) is 12.3. The van der Waals surface area contributed by atoms with Crippen molar-refractivity contribution in [2.75, 3.05) is 18.1 Å². The van der Waals surface area contributed by atoms with Gasteiger partial charge < -0.3 is 16.2 Å². The fourth-order valence-electron chi connectivity index (χ4n) is 1.57. The predicted octanol–water partition coefficient (Wildman–Crippen LogP) is 1.26. The summed E-state index contributed by atoms with van der Waals surface area (Å²) in [5.41, 5.74) is 8.11. The highest BCUT2D eigenvalue weighted by Gasteiger charge is 2.04. The van der Waals surface area contributed by atoms with Crippen LogP contribution in [0.4, 0.5) is 11.8 Å². The number of nitrogen functional groups attached to an aromatic ring is 1. The van der Waals surface area contributed by atoms with Crippen molar-refractivity contribution in [1.82, 2.24) is 9.97 Å². The predicted molar refractivity (Wildman–Crippen MR) is 67.3 cm³/mol. The number of nitrogens with zero attached hydrogens (tertiary/aromatic N) is 2. The van der Waals surface area contributed by atoms with E-state index in [1.54, 1.807) is 7.05 Å². The SMILES string of the molecule is CNc1cc(-c2cccc(CO)c2)nc(N)n1. The van der Waals surface area contributed by atoms with Crippen LogP contribution in [0.25, 0.3) is 11.3 Å². The molecule has 0 aliphatic heterocycles. The highest BCUT2D eigenvalue weighted by Crippen LogP contribution is 2.21. The van der Waals surface area contributed by atoms with Gasteiger partial charge in [0.25, 0.3) is 0 Å². The van der Waals surface area contributed by atoms with Gasteiger partial charge in [-0.05, 0) is 11.6 Å².